The average molecular weight is 391 g/mol. The minimum atomic E-state index is -0.513. The first-order valence-corrected chi connectivity index (χ1v) is 9.53. The topological polar surface area (TPSA) is 63.1 Å². The number of aryl methyl sites for hydroxylation is 3. The smallest absolute Gasteiger partial charge is 0.257 e. The molecule has 0 spiro atoms. The van der Waals surface area contributed by atoms with Gasteiger partial charge in [-0.25, -0.2) is 4.39 Å². The van der Waals surface area contributed by atoms with E-state index < -0.39 is 11.7 Å². The number of amides is 2. The van der Waals surface area contributed by atoms with E-state index in [1.165, 1.54) is 12.1 Å². The Kier molecular flexibility index (Phi) is 4.70. The SMILES string of the molecule is Cc1cccc(-n2c(C)cc(C(=O)Nc3cc4c(cc3F)CCC(=O)N4)c2C)c1. The number of rotatable bonds is 3. The molecule has 0 radical (unpaired) electrons. The average Bonchev–Trinajstić information content (AvgIpc) is 2.97. The molecule has 4 rings (SSSR count). The molecule has 0 aliphatic carbocycles. The number of hydrogen-bond acceptors (Lipinski definition) is 2. The number of benzene rings is 2. The third-order valence-corrected chi connectivity index (χ3v) is 5.27. The molecule has 148 valence electrons. The van der Waals surface area contributed by atoms with Crippen molar-refractivity contribution < 1.29 is 14.0 Å². The van der Waals surface area contributed by atoms with Gasteiger partial charge in [-0.2, -0.15) is 0 Å². The predicted molar refractivity (Wildman–Crippen MR) is 111 cm³/mol. The van der Waals surface area contributed by atoms with E-state index in [1.807, 2.05) is 49.6 Å². The van der Waals surface area contributed by atoms with Crippen molar-refractivity contribution in [3.63, 3.8) is 0 Å². The van der Waals surface area contributed by atoms with Gasteiger partial charge in [0.2, 0.25) is 5.91 Å². The van der Waals surface area contributed by atoms with Crippen LogP contribution in [0.15, 0.2) is 42.5 Å². The summed E-state index contributed by atoms with van der Waals surface area (Å²) in [5.41, 5.74) is 5.59. The van der Waals surface area contributed by atoms with E-state index in [2.05, 4.69) is 10.6 Å². The molecule has 2 amide bonds. The zero-order valence-electron chi connectivity index (χ0n) is 16.6. The van der Waals surface area contributed by atoms with Crippen molar-refractivity contribution in [2.75, 3.05) is 10.6 Å². The van der Waals surface area contributed by atoms with Crippen LogP contribution in [0.2, 0.25) is 0 Å². The Morgan fingerprint density at radius 2 is 1.90 bits per heavy atom. The fraction of sp³-hybridized carbons (Fsp3) is 0.217. The van der Waals surface area contributed by atoms with Crippen LogP contribution in [0.25, 0.3) is 5.69 Å². The van der Waals surface area contributed by atoms with Crippen LogP contribution in [-0.4, -0.2) is 16.4 Å². The molecule has 6 heteroatoms. The number of carbonyl (C=O) groups is 2. The normalized spacial score (nSPS) is 13.0. The molecule has 1 aliphatic heterocycles. The van der Waals surface area contributed by atoms with E-state index in [0.29, 0.717) is 24.1 Å². The Balaban J connectivity index is 1.66. The number of anilines is 2. The lowest BCUT2D eigenvalue weighted by atomic mass is 10.0. The number of hydrogen-bond donors (Lipinski definition) is 2. The quantitative estimate of drug-likeness (QED) is 0.681. The van der Waals surface area contributed by atoms with Crippen LogP contribution in [0.3, 0.4) is 0 Å². The summed E-state index contributed by atoms with van der Waals surface area (Å²) in [7, 11) is 0. The third-order valence-electron chi connectivity index (χ3n) is 5.27. The molecule has 5 nitrogen and oxygen atoms in total. The summed E-state index contributed by atoms with van der Waals surface area (Å²) in [5, 5.41) is 5.39. The van der Waals surface area contributed by atoms with Crippen LogP contribution in [0.1, 0.15) is 39.3 Å². The van der Waals surface area contributed by atoms with Gasteiger partial charge in [-0.1, -0.05) is 12.1 Å². The van der Waals surface area contributed by atoms with Gasteiger partial charge < -0.3 is 15.2 Å². The maximum Gasteiger partial charge on any atom is 0.257 e. The molecule has 0 bridgehead atoms. The minimum Gasteiger partial charge on any atom is -0.326 e. The maximum absolute atomic E-state index is 14.5. The summed E-state index contributed by atoms with van der Waals surface area (Å²) in [6.07, 6.45) is 0.826. The number of nitrogens with zero attached hydrogens (tertiary/aromatic N) is 1. The molecule has 2 heterocycles. The van der Waals surface area contributed by atoms with Crippen LogP contribution in [0.5, 0.6) is 0 Å². The maximum atomic E-state index is 14.5. The molecule has 0 saturated carbocycles. The second-order valence-corrected chi connectivity index (χ2v) is 7.45. The summed E-state index contributed by atoms with van der Waals surface area (Å²) in [4.78, 5) is 24.5. The molecule has 0 saturated heterocycles. The summed E-state index contributed by atoms with van der Waals surface area (Å²) in [6.45, 7) is 5.82. The van der Waals surface area contributed by atoms with Gasteiger partial charge in [0.1, 0.15) is 5.82 Å². The van der Waals surface area contributed by atoms with Crippen molar-refractivity contribution in [1.29, 1.82) is 0 Å². The number of carbonyl (C=O) groups excluding carboxylic acids is 2. The van der Waals surface area contributed by atoms with Crippen LogP contribution in [0.4, 0.5) is 15.8 Å². The van der Waals surface area contributed by atoms with E-state index in [9.17, 15) is 14.0 Å². The van der Waals surface area contributed by atoms with Gasteiger partial charge in [0.15, 0.2) is 0 Å². The number of fused-ring (bicyclic) bond motifs is 1. The highest BCUT2D eigenvalue weighted by Crippen LogP contribution is 2.29. The molecule has 3 aromatic rings. The van der Waals surface area contributed by atoms with Gasteiger partial charge in [0, 0.05) is 29.2 Å². The van der Waals surface area contributed by atoms with Gasteiger partial charge in [-0.05, 0) is 68.7 Å². The zero-order chi connectivity index (χ0) is 20.7. The summed E-state index contributed by atoms with van der Waals surface area (Å²) in [5.74, 6) is -1.01. The van der Waals surface area contributed by atoms with Crippen LogP contribution >= 0.6 is 0 Å². The van der Waals surface area contributed by atoms with Gasteiger partial charge in [-0.15, -0.1) is 0 Å². The van der Waals surface area contributed by atoms with Gasteiger partial charge in [0.05, 0.1) is 11.3 Å². The fourth-order valence-corrected chi connectivity index (χ4v) is 3.84. The van der Waals surface area contributed by atoms with Crippen molar-refractivity contribution in [3.05, 3.63) is 76.4 Å². The van der Waals surface area contributed by atoms with Gasteiger partial charge in [0.25, 0.3) is 5.91 Å². The largest absolute Gasteiger partial charge is 0.326 e. The Hall–Kier alpha value is -3.41. The van der Waals surface area contributed by atoms with Crippen molar-refractivity contribution in [1.82, 2.24) is 4.57 Å². The summed E-state index contributed by atoms with van der Waals surface area (Å²) < 4.78 is 16.5. The van der Waals surface area contributed by atoms with Crippen LogP contribution < -0.4 is 10.6 Å². The second kappa shape index (κ2) is 7.20. The highest BCUT2D eigenvalue weighted by Gasteiger charge is 2.21. The molecule has 1 aromatic heterocycles. The molecule has 2 N–H and O–H groups in total. The van der Waals surface area contributed by atoms with E-state index >= 15 is 0 Å². The lowest BCUT2D eigenvalue weighted by Gasteiger charge is -2.18. The van der Waals surface area contributed by atoms with Crippen LogP contribution in [0, 0.1) is 26.6 Å². The van der Waals surface area contributed by atoms with Gasteiger partial charge >= 0.3 is 0 Å². The Bertz CT molecular complexity index is 1150. The van der Waals surface area contributed by atoms with E-state index in [4.69, 9.17) is 0 Å². The monoisotopic (exact) mass is 391 g/mol. The lowest BCUT2D eigenvalue weighted by molar-refractivity contribution is -0.116. The van der Waals surface area contributed by atoms with E-state index in [0.717, 1.165) is 28.2 Å². The van der Waals surface area contributed by atoms with Crippen molar-refractivity contribution in [3.8, 4) is 5.69 Å². The van der Waals surface area contributed by atoms with Crippen LogP contribution in [-0.2, 0) is 11.2 Å². The summed E-state index contributed by atoms with van der Waals surface area (Å²) >= 11 is 0. The molecular formula is C23H22FN3O2. The first-order chi connectivity index (χ1) is 13.8. The molecule has 1 aliphatic rings. The number of halogens is 1. The number of nitrogens with one attached hydrogen (secondary N) is 2. The first kappa shape index (κ1) is 18.9. The fourth-order valence-electron chi connectivity index (χ4n) is 3.84. The highest BCUT2D eigenvalue weighted by atomic mass is 19.1. The van der Waals surface area contributed by atoms with E-state index in [-0.39, 0.29) is 11.6 Å². The standard InChI is InChI=1S/C23H22FN3O2/c1-13-5-4-6-17(9-13)27-14(2)10-18(15(27)3)23(29)26-21-12-20-16(11-19(21)24)7-8-22(28)25-20/h4-6,9-12H,7-8H2,1-3H3,(H,25,28)(H,26,29). The molecule has 2 aromatic carbocycles. The highest BCUT2D eigenvalue weighted by molar-refractivity contribution is 6.06. The van der Waals surface area contributed by atoms with E-state index in [1.54, 1.807) is 6.07 Å². The predicted octanol–water partition coefficient (Wildman–Crippen LogP) is 4.68. The van der Waals surface area contributed by atoms with Crippen molar-refractivity contribution in [2.45, 2.75) is 33.6 Å². The van der Waals surface area contributed by atoms with Crippen molar-refractivity contribution in [2.24, 2.45) is 0 Å². The molecule has 0 unspecified atom stereocenters. The molecule has 29 heavy (non-hydrogen) atoms. The Labute approximate surface area is 168 Å². The van der Waals surface area contributed by atoms with Gasteiger partial charge in [-0.3, -0.25) is 9.59 Å². The van der Waals surface area contributed by atoms with Crippen molar-refractivity contribution >= 4 is 23.2 Å². The molecule has 0 atom stereocenters. The Morgan fingerprint density at radius 3 is 2.66 bits per heavy atom. The first-order valence-electron chi connectivity index (χ1n) is 9.53. The zero-order valence-corrected chi connectivity index (χ0v) is 16.6. The molecule has 0 fully saturated rings. The number of aromatic nitrogens is 1. The summed E-state index contributed by atoms with van der Waals surface area (Å²) in [6, 6.07) is 12.7. The molecular weight excluding hydrogens is 369 g/mol. The Morgan fingerprint density at radius 1 is 1.10 bits per heavy atom. The third kappa shape index (κ3) is 3.53. The minimum absolute atomic E-state index is 0.0521. The second-order valence-electron chi connectivity index (χ2n) is 7.45. The lowest BCUT2D eigenvalue weighted by Crippen LogP contribution is -2.20.